The molecule has 5 nitrogen and oxygen atoms in total. The van der Waals surface area contributed by atoms with Crippen molar-refractivity contribution in [2.75, 3.05) is 18.1 Å². The molecule has 1 aliphatic rings. The maximum Gasteiger partial charge on any atom is 0.158 e. The summed E-state index contributed by atoms with van der Waals surface area (Å²) in [7, 11) is 0. The lowest BCUT2D eigenvalue weighted by Crippen LogP contribution is -2.45. The van der Waals surface area contributed by atoms with E-state index in [-0.39, 0.29) is 12.1 Å². The highest BCUT2D eigenvalue weighted by atomic mass is 35.5. The van der Waals surface area contributed by atoms with Gasteiger partial charge >= 0.3 is 0 Å². The van der Waals surface area contributed by atoms with Crippen molar-refractivity contribution in [1.29, 1.82) is 5.26 Å². The topological polar surface area (TPSA) is 62.0 Å². The SMILES string of the molecule is CC1COC(c2ccccc2Cl)CN1c1cnc(C#N)cn1. The molecule has 0 amide bonds. The van der Waals surface area contributed by atoms with Crippen LogP contribution in [-0.2, 0) is 4.74 Å². The van der Waals surface area contributed by atoms with Crippen LogP contribution in [0.15, 0.2) is 36.7 Å². The molecule has 1 aromatic heterocycles. The first-order valence-corrected chi connectivity index (χ1v) is 7.41. The van der Waals surface area contributed by atoms with Gasteiger partial charge in [0.15, 0.2) is 5.69 Å². The molecule has 1 saturated heterocycles. The van der Waals surface area contributed by atoms with Crippen molar-refractivity contribution in [3.63, 3.8) is 0 Å². The maximum absolute atomic E-state index is 8.81. The monoisotopic (exact) mass is 314 g/mol. The van der Waals surface area contributed by atoms with Gasteiger partial charge in [-0.3, -0.25) is 0 Å². The van der Waals surface area contributed by atoms with Gasteiger partial charge in [-0.05, 0) is 13.0 Å². The Morgan fingerprint density at radius 2 is 2.14 bits per heavy atom. The van der Waals surface area contributed by atoms with E-state index < -0.39 is 0 Å². The molecule has 6 heteroatoms. The highest BCUT2D eigenvalue weighted by Gasteiger charge is 2.29. The van der Waals surface area contributed by atoms with Crippen LogP contribution in [0.3, 0.4) is 0 Å². The lowest BCUT2D eigenvalue weighted by atomic mass is 10.1. The summed E-state index contributed by atoms with van der Waals surface area (Å²) in [6.07, 6.45) is 3.01. The number of nitrogens with zero attached hydrogens (tertiary/aromatic N) is 4. The van der Waals surface area contributed by atoms with Crippen LogP contribution < -0.4 is 4.90 Å². The molecular weight excluding hydrogens is 300 g/mol. The fourth-order valence-electron chi connectivity index (χ4n) is 2.53. The van der Waals surface area contributed by atoms with Crippen molar-refractivity contribution >= 4 is 17.4 Å². The normalized spacial score (nSPS) is 21.4. The number of hydrogen-bond acceptors (Lipinski definition) is 5. The number of halogens is 1. The number of anilines is 1. The largest absolute Gasteiger partial charge is 0.369 e. The van der Waals surface area contributed by atoms with E-state index in [1.807, 2.05) is 30.3 Å². The maximum atomic E-state index is 8.81. The Labute approximate surface area is 134 Å². The quantitative estimate of drug-likeness (QED) is 0.852. The van der Waals surface area contributed by atoms with Crippen LogP contribution in [0.2, 0.25) is 5.02 Å². The highest BCUT2D eigenvalue weighted by Crippen LogP contribution is 2.31. The smallest absolute Gasteiger partial charge is 0.158 e. The molecule has 112 valence electrons. The third-order valence-electron chi connectivity index (χ3n) is 3.73. The third-order valence-corrected chi connectivity index (χ3v) is 4.08. The van der Waals surface area contributed by atoms with Crippen molar-refractivity contribution in [2.24, 2.45) is 0 Å². The van der Waals surface area contributed by atoms with Gasteiger partial charge in [0.05, 0.1) is 31.6 Å². The average Bonchev–Trinajstić information content (AvgIpc) is 2.56. The zero-order valence-corrected chi connectivity index (χ0v) is 12.9. The zero-order chi connectivity index (χ0) is 15.5. The third kappa shape index (κ3) is 2.89. The summed E-state index contributed by atoms with van der Waals surface area (Å²) in [5, 5.41) is 9.51. The van der Waals surface area contributed by atoms with Crippen LogP contribution in [0.5, 0.6) is 0 Å². The Morgan fingerprint density at radius 1 is 1.32 bits per heavy atom. The first kappa shape index (κ1) is 14.8. The molecule has 1 aromatic carbocycles. The molecule has 2 unspecified atom stereocenters. The van der Waals surface area contributed by atoms with Gasteiger partial charge in [0.2, 0.25) is 0 Å². The molecule has 3 rings (SSSR count). The summed E-state index contributed by atoms with van der Waals surface area (Å²) in [4.78, 5) is 10.5. The molecule has 2 heterocycles. The molecule has 0 bridgehead atoms. The summed E-state index contributed by atoms with van der Waals surface area (Å²) in [5.74, 6) is 0.742. The number of ether oxygens (including phenoxy) is 1. The van der Waals surface area contributed by atoms with Crippen molar-refractivity contribution in [3.05, 3.63) is 52.9 Å². The predicted octanol–water partition coefficient (Wildman–Crippen LogP) is 2.97. The molecule has 1 aliphatic heterocycles. The fraction of sp³-hybridized carbons (Fsp3) is 0.312. The lowest BCUT2D eigenvalue weighted by molar-refractivity contribution is 0.0213. The summed E-state index contributed by atoms with van der Waals surface area (Å²) < 4.78 is 5.93. The molecule has 2 aromatic rings. The molecule has 0 N–H and O–H groups in total. The average molecular weight is 315 g/mol. The molecule has 2 atom stereocenters. The predicted molar refractivity (Wildman–Crippen MR) is 83.7 cm³/mol. The molecule has 0 radical (unpaired) electrons. The van der Waals surface area contributed by atoms with E-state index in [4.69, 9.17) is 21.6 Å². The van der Waals surface area contributed by atoms with E-state index in [2.05, 4.69) is 21.8 Å². The van der Waals surface area contributed by atoms with Gasteiger partial charge in [-0.1, -0.05) is 29.8 Å². The van der Waals surface area contributed by atoms with Crippen LogP contribution in [0.25, 0.3) is 0 Å². The van der Waals surface area contributed by atoms with E-state index in [0.29, 0.717) is 23.9 Å². The number of hydrogen-bond donors (Lipinski definition) is 0. The Balaban J connectivity index is 1.85. The fourth-order valence-corrected chi connectivity index (χ4v) is 2.79. The van der Waals surface area contributed by atoms with Crippen LogP contribution in [0.1, 0.15) is 24.3 Å². The summed E-state index contributed by atoms with van der Waals surface area (Å²) >= 11 is 6.26. The van der Waals surface area contributed by atoms with Crippen LogP contribution in [0.4, 0.5) is 5.82 Å². The Bertz CT molecular complexity index is 698. The first-order valence-electron chi connectivity index (χ1n) is 7.04. The second-order valence-electron chi connectivity index (χ2n) is 5.22. The van der Waals surface area contributed by atoms with Gasteiger partial charge in [0.1, 0.15) is 18.0 Å². The Kier molecular flexibility index (Phi) is 4.23. The summed E-state index contributed by atoms with van der Waals surface area (Å²) in [6, 6.07) is 9.86. The number of benzene rings is 1. The molecule has 0 aliphatic carbocycles. The van der Waals surface area contributed by atoms with Crippen LogP contribution >= 0.6 is 11.6 Å². The Morgan fingerprint density at radius 3 is 2.82 bits per heavy atom. The first-order chi connectivity index (χ1) is 10.7. The van der Waals surface area contributed by atoms with E-state index in [9.17, 15) is 0 Å². The second-order valence-corrected chi connectivity index (χ2v) is 5.62. The van der Waals surface area contributed by atoms with Gasteiger partial charge < -0.3 is 9.64 Å². The van der Waals surface area contributed by atoms with E-state index in [0.717, 1.165) is 11.4 Å². The number of morpholine rings is 1. The van der Waals surface area contributed by atoms with Crippen LogP contribution in [-0.4, -0.2) is 29.2 Å². The van der Waals surface area contributed by atoms with Crippen molar-refractivity contribution in [1.82, 2.24) is 9.97 Å². The Hall–Kier alpha value is -2.16. The molecule has 0 saturated carbocycles. The van der Waals surface area contributed by atoms with E-state index in [1.54, 1.807) is 6.20 Å². The summed E-state index contributed by atoms with van der Waals surface area (Å²) in [5.41, 5.74) is 1.29. The summed E-state index contributed by atoms with van der Waals surface area (Å²) in [6.45, 7) is 3.30. The van der Waals surface area contributed by atoms with Gasteiger partial charge in [-0.2, -0.15) is 5.26 Å². The number of aromatic nitrogens is 2. The van der Waals surface area contributed by atoms with E-state index >= 15 is 0 Å². The molecule has 1 fully saturated rings. The van der Waals surface area contributed by atoms with E-state index in [1.165, 1.54) is 6.20 Å². The van der Waals surface area contributed by atoms with Gasteiger partial charge in [0.25, 0.3) is 0 Å². The van der Waals surface area contributed by atoms with Crippen molar-refractivity contribution < 1.29 is 4.74 Å². The van der Waals surface area contributed by atoms with Crippen molar-refractivity contribution in [2.45, 2.75) is 19.1 Å². The minimum absolute atomic E-state index is 0.109. The zero-order valence-electron chi connectivity index (χ0n) is 12.1. The van der Waals surface area contributed by atoms with Gasteiger partial charge in [-0.15, -0.1) is 0 Å². The second kappa shape index (κ2) is 6.30. The lowest BCUT2D eigenvalue weighted by Gasteiger charge is -2.39. The molecule has 22 heavy (non-hydrogen) atoms. The number of rotatable bonds is 2. The molecule has 0 spiro atoms. The minimum atomic E-state index is -0.109. The number of nitriles is 1. The molecular formula is C16H15ClN4O. The van der Waals surface area contributed by atoms with Crippen LogP contribution in [0, 0.1) is 11.3 Å². The standard InChI is InChI=1S/C16H15ClN4O/c1-11-10-22-15(13-4-2-3-5-14(13)17)9-21(11)16-8-19-12(6-18)7-20-16/h2-5,7-8,11,15H,9-10H2,1H3. The minimum Gasteiger partial charge on any atom is -0.369 e. The van der Waals surface area contributed by atoms with Gasteiger partial charge in [0, 0.05) is 10.6 Å². The van der Waals surface area contributed by atoms with Crippen molar-refractivity contribution in [3.8, 4) is 6.07 Å². The highest BCUT2D eigenvalue weighted by molar-refractivity contribution is 6.31. The van der Waals surface area contributed by atoms with Gasteiger partial charge in [-0.25, -0.2) is 9.97 Å².